The number of hydrogen-bond donors (Lipinski definition) is 1. The predicted molar refractivity (Wildman–Crippen MR) is 65.9 cm³/mol. The molecule has 0 aliphatic rings. The number of aromatic nitrogens is 3. The molecule has 0 bridgehead atoms. The van der Waals surface area contributed by atoms with E-state index in [0.717, 1.165) is 0 Å². The monoisotopic (exact) mass is 284 g/mol. The highest BCUT2D eigenvalue weighted by molar-refractivity contribution is 5.46. The van der Waals surface area contributed by atoms with Crippen LogP contribution in [0, 0.1) is 0 Å². The van der Waals surface area contributed by atoms with Crippen LogP contribution in [0.2, 0.25) is 0 Å². The molecule has 0 unspecified atom stereocenters. The lowest BCUT2D eigenvalue weighted by atomic mass is 10.3. The van der Waals surface area contributed by atoms with Gasteiger partial charge in [0.2, 0.25) is 11.7 Å². The zero-order chi connectivity index (χ0) is 14.4. The van der Waals surface area contributed by atoms with Crippen molar-refractivity contribution < 1.29 is 18.4 Å². The molecule has 108 valence electrons. The molecule has 2 aromatic heterocycles. The van der Waals surface area contributed by atoms with Crippen molar-refractivity contribution in [3.05, 3.63) is 30.3 Å². The molecule has 20 heavy (non-hydrogen) atoms. The second kappa shape index (κ2) is 7.01. The molecule has 6 nitrogen and oxygen atoms in total. The number of nitrogens with zero attached hydrogens (tertiary/aromatic N) is 4. The Hall–Kier alpha value is -1.93. The number of halogens is 2. The van der Waals surface area contributed by atoms with Crippen LogP contribution in [0.5, 0.6) is 0 Å². The summed E-state index contributed by atoms with van der Waals surface area (Å²) in [6, 6.07) is 5.27. The van der Waals surface area contributed by atoms with Crippen molar-refractivity contribution in [1.82, 2.24) is 20.0 Å². The van der Waals surface area contributed by atoms with E-state index in [0.29, 0.717) is 11.5 Å². The van der Waals surface area contributed by atoms with Gasteiger partial charge in [-0.3, -0.25) is 9.88 Å². The molecule has 0 amide bonds. The van der Waals surface area contributed by atoms with Gasteiger partial charge in [-0.1, -0.05) is 11.2 Å². The van der Waals surface area contributed by atoms with Gasteiger partial charge < -0.3 is 9.63 Å². The fourth-order valence-electron chi connectivity index (χ4n) is 1.68. The number of hydrogen-bond acceptors (Lipinski definition) is 6. The molecular formula is C12H14F2N4O2. The Bertz CT molecular complexity index is 521. The van der Waals surface area contributed by atoms with Gasteiger partial charge in [-0.25, -0.2) is 8.78 Å². The normalized spacial score (nSPS) is 11.4. The first kappa shape index (κ1) is 14.5. The Balaban J connectivity index is 2.04. The van der Waals surface area contributed by atoms with Crippen LogP contribution in [0.3, 0.4) is 0 Å². The molecule has 0 fully saturated rings. The minimum Gasteiger partial charge on any atom is -0.395 e. The molecule has 0 aliphatic heterocycles. The summed E-state index contributed by atoms with van der Waals surface area (Å²) in [5.41, 5.74) is 0.546. The summed E-state index contributed by atoms with van der Waals surface area (Å²) < 4.78 is 29.8. The van der Waals surface area contributed by atoms with Gasteiger partial charge in [-0.2, -0.15) is 4.98 Å². The molecule has 2 heterocycles. The van der Waals surface area contributed by atoms with Gasteiger partial charge in [0, 0.05) is 12.7 Å². The fraction of sp³-hybridized carbons (Fsp3) is 0.417. The molecule has 2 aromatic rings. The van der Waals surface area contributed by atoms with Gasteiger partial charge in [0.05, 0.1) is 19.7 Å². The molecule has 0 spiro atoms. The van der Waals surface area contributed by atoms with Crippen LogP contribution in [0.25, 0.3) is 11.5 Å². The SMILES string of the molecule is OCCN(Cc1nc(-c2ccccn2)no1)CC(F)F. The number of pyridine rings is 1. The summed E-state index contributed by atoms with van der Waals surface area (Å²) in [6.07, 6.45) is -0.889. The van der Waals surface area contributed by atoms with E-state index in [1.54, 1.807) is 24.4 Å². The van der Waals surface area contributed by atoms with Crippen molar-refractivity contribution in [1.29, 1.82) is 0 Å². The Morgan fingerprint density at radius 3 is 2.85 bits per heavy atom. The summed E-state index contributed by atoms with van der Waals surface area (Å²) in [7, 11) is 0. The van der Waals surface area contributed by atoms with Crippen LogP contribution in [-0.4, -0.2) is 51.3 Å². The van der Waals surface area contributed by atoms with E-state index in [1.165, 1.54) is 4.90 Å². The Kier molecular flexibility index (Phi) is 5.08. The van der Waals surface area contributed by atoms with Crippen LogP contribution in [0.4, 0.5) is 8.78 Å². The highest BCUT2D eigenvalue weighted by atomic mass is 19.3. The molecule has 1 N–H and O–H groups in total. The molecule has 8 heteroatoms. The quantitative estimate of drug-likeness (QED) is 0.823. The molecule has 2 rings (SSSR count). The van der Waals surface area contributed by atoms with Crippen molar-refractivity contribution >= 4 is 0 Å². The number of rotatable bonds is 7. The standard InChI is InChI=1S/C12H14F2N4O2/c13-10(14)7-18(5-6-19)8-11-16-12(17-20-11)9-3-1-2-4-15-9/h1-4,10,19H,5-8H2. The van der Waals surface area contributed by atoms with Crippen molar-refractivity contribution in [3.63, 3.8) is 0 Å². The average molecular weight is 284 g/mol. The number of aliphatic hydroxyl groups excluding tert-OH is 1. The van der Waals surface area contributed by atoms with Gasteiger partial charge in [-0.15, -0.1) is 0 Å². The third-order valence-electron chi connectivity index (χ3n) is 2.53. The van der Waals surface area contributed by atoms with Crippen molar-refractivity contribution in [2.75, 3.05) is 19.7 Å². The Morgan fingerprint density at radius 1 is 1.35 bits per heavy atom. The van der Waals surface area contributed by atoms with Crippen LogP contribution < -0.4 is 0 Å². The first-order valence-corrected chi connectivity index (χ1v) is 6.04. The molecule has 0 aliphatic carbocycles. The fourth-order valence-corrected chi connectivity index (χ4v) is 1.68. The molecule has 0 saturated carbocycles. The highest BCUT2D eigenvalue weighted by Crippen LogP contribution is 2.13. The van der Waals surface area contributed by atoms with E-state index in [2.05, 4.69) is 15.1 Å². The largest absolute Gasteiger partial charge is 0.395 e. The Labute approximate surface area is 114 Å². The van der Waals surface area contributed by atoms with Crippen molar-refractivity contribution in [2.24, 2.45) is 0 Å². The molecule has 0 atom stereocenters. The van der Waals surface area contributed by atoms with Gasteiger partial charge >= 0.3 is 0 Å². The van der Waals surface area contributed by atoms with E-state index in [9.17, 15) is 8.78 Å². The average Bonchev–Trinajstić information content (AvgIpc) is 2.88. The Morgan fingerprint density at radius 2 is 2.20 bits per heavy atom. The first-order valence-electron chi connectivity index (χ1n) is 6.04. The van der Waals surface area contributed by atoms with Crippen molar-refractivity contribution in [3.8, 4) is 11.5 Å². The van der Waals surface area contributed by atoms with Gasteiger partial charge in [0.25, 0.3) is 6.43 Å². The van der Waals surface area contributed by atoms with Crippen molar-refractivity contribution in [2.45, 2.75) is 13.0 Å². The first-order chi connectivity index (χ1) is 9.69. The smallest absolute Gasteiger partial charge is 0.251 e. The van der Waals surface area contributed by atoms with E-state index in [-0.39, 0.29) is 25.6 Å². The second-order valence-corrected chi connectivity index (χ2v) is 4.08. The summed E-state index contributed by atoms with van der Waals surface area (Å²) in [5, 5.41) is 12.6. The zero-order valence-electron chi connectivity index (χ0n) is 10.6. The van der Waals surface area contributed by atoms with Crippen LogP contribution >= 0.6 is 0 Å². The summed E-state index contributed by atoms with van der Waals surface area (Å²) >= 11 is 0. The number of alkyl halides is 2. The lowest BCUT2D eigenvalue weighted by Crippen LogP contribution is -2.31. The highest BCUT2D eigenvalue weighted by Gasteiger charge is 2.16. The molecular weight excluding hydrogens is 270 g/mol. The van der Waals surface area contributed by atoms with Crippen LogP contribution in [-0.2, 0) is 6.54 Å². The maximum Gasteiger partial charge on any atom is 0.251 e. The van der Waals surface area contributed by atoms with Crippen LogP contribution in [0.1, 0.15) is 5.89 Å². The second-order valence-electron chi connectivity index (χ2n) is 4.08. The molecule has 0 saturated heterocycles. The minimum atomic E-state index is -2.49. The molecule has 0 radical (unpaired) electrons. The van der Waals surface area contributed by atoms with Gasteiger partial charge in [0.1, 0.15) is 5.69 Å². The number of aliphatic hydroxyl groups is 1. The van der Waals surface area contributed by atoms with E-state index >= 15 is 0 Å². The van der Waals surface area contributed by atoms with E-state index < -0.39 is 13.0 Å². The lowest BCUT2D eigenvalue weighted by Gasteiger charge is -2.18. The van der Waals surface area contributed by atoms with Crippen LogP contribution in [0.15, 0.2) is 28.9 Å². The third kappa shape index (κ3) is 4.04. The summed E-state index contributed by atoms with van der Waals surface area (Å²) in [5.74, 6) is 0.515. The lowest BCUT2D eigenvalue weighted by molar-refractivity contribution is 0.0692. The minimum absolute atomic E-state index is 0.0603. The topological polar surface area (TPSA) is 75.3 Å². The maximum atomic E-state index is 12.4. The zero-order valence-corrected chi connectivity index (χ0v) is 10.6. The molecule has 0 aromatic carbocycles. The van der Waals surface area contributed by atoms with E-state index in [1.807, 2.05) is 0 Å². The maximum absolute atomic E-state index is 12.4. The van der Waals surface area contributed by atoms with Gasteiger partial charge in [-0.05, 0) is 12.1 Å². The summed E-state index contributed by atoms with van der Waals surface area (Å²) in [4.78, 5) is 9.52. The third-order valence-corrected chi connectivity index (χ3v) is 2.53. The predicted octanol–water partition coefficient (Wildman–Crippen LogP) is 1.19. The van der Waals surface area contributed by atoms with Gasteiger partial charge in [0.15, 0.2) is 0 Å². The summed E-state index contributed by atoms with van der Waals surface area (Å²) in [6.45, 7) is -0.494. The van der Waals surface area contributed by atoms with E-state index in [4.69, 9.17) is 9.63 Å².